The molecule has 0 unspecified atom stereocenters. The first-order chi connectivity index (χ1) is 9.92. The highest BCUT2D eigenvalue weighted by molar-refractivity contribution is 5.42. The molecule has 1 aromatic carbocycles. The Hall–Kier alpha value is -1.84. The molecular weight excluding hydrogens is 250 g/mol. The molecule has 0 radical (unpaired) electrons. The second-order valence-electron chi connectivity index (χ2n) is 5.42. The molecule has 1 saturated carbocycles. The van der Waals surface area contributed by atoms with Crippen molar-refractivity contribution in [1.29, 1.82) is 0 Å². The molecule has 1 heterocycles. The largest absolute Gasteiger partial charge is 0.385 e. The lowest BCUT2D eigenvalue weighted by Gasteiger charge is -2.04. The van der Waals surface area contributed by atoms with E-state index in [4.69, 9.17) is 4.52 Å². The van der Waals surface area contributed by atoms with E-state index in [1.54, 1.807) is 0 Å². The lowest BCUT2D eigenvalue weighted by atomic mass is 10.1. The van der Waals surface area contributed by atoms with Crippen LogP contribution < -0.4 is 5.32 Å². The summed E-state index contributed by atoms with van der Waals surface area (Å²) in [5, 5.41) is 7.52. The number of hydrogen-bond acceptors (Lipinski definition) is 4. The van der Waals surface area contributed by atoms with Crippen molar-refractivity contribution in [2.24, 2.45) is 0 Å². The molecule has 0 aliphatic heterocycles. The van der Waals surface area contributed by atoms with E-state index in [9.17, 15) is 0 Å². The molecule has 3 rings (SSSR count). The zero-order valence-corrected chi connectivity index (χ0v) is 11.7. The van der Waals surface area contributed by atoms with Gasteiger partial charge in [0.05, 0.1) is 0 Å². The maximum Gasteiger partial charge on any atom is 0.226 e. The average Bonchev–Trinajstić information content (AvgIpc) is 3.15. The van der Waals surface area contributed by atoms with Crippen LogP contribution in [0, 0.1) is 0 Å². The summed E-state index contributed by atoms with van der Waals surface area (Å²) in [6.07, 6.45) is 6.88. The van der Waals surface area contributed by atoms with E-state index < -0.39 is 0 Å². The van der Waals surface area contributed by atoms with Gasteiger partial charge in [-0.15, -0.1) is 0 Å². The van der Waals surface area contributed by atoms with Gasteiger partial charge in [0.2, 0.25) is 5.89 Å². The van der Waals surface area contributed by atoms with Gasteiger partial charge in [-0.1, -0.05) is 36.2 Å². The number of benzene rings is 1. The van der Waals surface area contributed by atoms with Crippen LogP contribution in [0.4, 0.5) is 5.69 Å². The lowest BCUT2D eigenvalue weighted by molar-refractivity contribution is 0.368. The first-order valence-electron chi connectivity index (χ1n) is 7.53. The van der Waals surface area contributed by atoms with Gasteiger partial charge < -0.3 is 9.84 Å². The highest BCUT2D eigenvalue weighted by Gasteiger charge is 2.21. The molecule has 4 nitrogen and oxygen atoms in total. The molecule has 1 aromatic heterocycles. The van der Waals surface area contributed by atoms with Crippen LogP contribution in [0.1, 0.15) is 49.7 Å². The number of para-hydroxylation sites is 1. The molecule has 106 valence electrons. The van der Waals surface area contributed by atoms with Crippen LogP contribution in [0.5, 0.6) is 0 Å². The third-order valence-electron chi connectivity index (χ3n) is 3.87. The van der Waals surface area contributed by atoms with Crippen molar-refractivity contribution in [3.05, 3.63) is 42.0 Å². The van der Waals surface area contributed by atoms with Crippen molar-refractivity contribution >= 4 is 5.69 Å². The molecular formula is C16H21N3O. The molecule has 0 amide bonds. The molecule has 1 aliphatic carbocycles. The second-order valence-corrected chi connectivity index (χ2v) is 5.42. The fourth-order valence-corrected chi connectivity index (χ4v) is 2.75. The van der Waals surface area contributed by atoms with Gasteiger partial charge in [0.15, 0.2) is 5.82 Å². The maximum absolute atomic E-state index is 5.34. The highest BCUT2D eigenvalue weighted by atomic mass is 16.5. The van der Waals surface area contributed by atoms with Crippen molar-refractivity contribution in [3.8, 4) is 0 Å². The zero-order valence-electron chi connectivity index (χ0n) is 11.7. The number of aryl methyl sites for hydroxylation is 1. The summed E-state index contributed by atoms with van der Waals surface area (Å²) in [5.74, 6) is 2.24. The molecule has 20 heavy (non-hydrogen) atoms. The third-order valence-corrected chi connectivity index (χ3v) is 3.87. The van der Waals surface area contributed by atoms with E-state index in [1.807, 2.05) is 18.2 Å². The lowest BCUT2D eigenvalue weighted by Crippen LogP contribution is -2.03. The van der Waals surface area contributed by atoms with Crippen LogP contribution in [-0.2, 0) is 6.42 Å². The number of hydrogen-bond donors (Lipinski definition) is 1. The van der Waals surface area contributed by atoms with Crippen molar-refractivity contribution in [2.45, 2.75) is 44.4 Å². The molecule has 0 spiro atoms. The van der Waals surface area contributed by atoms with E-state index in [1.165, 1.54) is 25.7 Å². The Morgan fingerprint density at radius 3 is 2.75 bits per heavy atom. The molecule has 0 atom stereocenters. The van der Waals surface area contributed by atoms with Gasteiger partial charge in [-0.25, -0.2) is 0 Å². The summed E-state index contributed by atoms with van der Waals surface area (Å²) in [6, 6.07) is 10.2. The maximum atomic E-state index is 5.34. The van der Waals surface area contributed by atoms with Crippen LogP contribution >= 0.6 is 0 Å². The Kier molecular flexibility index (Phi) is 4.31. The average molecular weight is 271 g/mol. The third kappa shape index (κ3) is 3.38. The van der Waals surface area contributed by atoms with Gasteiger partial charge in [0.25, 0.3) is 0 Å². The standard InChI is InChI=1S/C16H21N3O/c1-2-9-14(10-3-1)17-12-6-11-15-18-16(19-20-15)13-7-4-5-8-13/h1-3,9-10,13,17H,4-8,11-12H2. The Labute approximate surface area is 119 Å². The van der Waals surface area contributed by atoms with Gasteiger partial charge in [-0.05, 0) is 31.4 Å². The van der Waals surface area contributed by atoms with E-state index in [-0.39, 0.29) is 0 Å². The van der Waals surface area contributed by atoms with Crippen molar-refractivity contribution in [2.75, 3.05) is 11.9 Å². The summed E-state index contributed by atoms with van der Waals surface area (Å²) < 4.78 is 5.34. The Morgan fingerprint density at radius 1 is 1.15 bits per heavy atom. The normalized spacial score (nSPS) is 15.6. The first kappa shape index (κ1) is 13.2. The van der Waals surface area contributed by atoms with E-state index in [0.29, 0.717) is 5.92 Å². The van der Waals surface area contributed by atoms with Gasteiger partial charge >= 0.3 is 0 Å². The summed E-state index contributed by atoms with van der Waals surface area (Å²) in [4.78, 5) is 4.53. The molecule has 0 bridgehead atoms. The number of nitrogens with zero attached hydrogens (tertiary/aromatic N) is 2. The van der Waals surface area contributed by atoms with Crippen LogP contribution in [-0.4, -0.2) is 16.7 Å². The van der Waals surface area contributed by atoms with Crippen molar-refractivity contribution in [3.63, 3.8) is 0 Å². The van der Waals surface area contributed by atoms with Crippen molar-refractivity contribution in [1.82, 2.24) is 10.1 Å². The van der Waals surface area contributed by atoms with Gasteiger partial charge in [-0.2, -0.15) is 4.98 Å². The molecule has 4 heteroatoms. The van der Waals surface area contributed by atoms with Crippen LogP contribution in [0.3, 0.4) is 0 Å². The topological polar surface area (TPSA) is 51.0 Å². The summed E-state index contributed by atoms with van der Waals surface area (Å²) in [7, 11) is 0. The fourth-order valence-electron chi connectivity index (χ4n) is 2.75. The Bertz CT molecular complexity index is 518. The smallest absolute Gasteiger partial charge is 0.226 e. The predicted molar refractivity (Wildman–Crippen MR) is 78.8 cm³/mol. The molecule has 1 N–H and O–H groups in total. The van der Waals surface area contributed by atoms with Crippen LogP contribution in [0.25, 0.3) is 0 Å². The molecule has 0 saturated heterocycles. The molecule has 1 aliphatic rings. The van der Waals surface area contributed by atoms with Gasteiger partial charge in [-0.3, -0.25) is 0 Å². The minimum absolute atomic E-state index is 0.537. The highest BCUT2D eigenvalue weighted by Crippen LogP contribution is 2.32. The summed E-state index contributed by atoms with van der Waals surface area (Å²) >= 11 is 0. The number of nitrogens with one attached hydrogen (secondary N) is 1. The number of aromatic nitrogens is 2. The quantitative estimate of drug-likeness (QED) is 0.812. The van der Waals surface area contributed by atoms with Crippen LogP contribution in [0.2, 0.25) is 0 Å². The predicted octanol–water partition coefficient (Wildman–Crippen LogP) is 3.77. The summed E-state index contributed by atoms with van der Waals surface area (Å²) in [5.41, 5.74) is 1.16. The molecule has 1 fully saturated rings. The van der Waals surface area contributed by atoms with E-state index in [0.717, 1.165) is 36.8 Å². The van der Waals surface area contributed by atoms with E-state index in [2.05, 4.69) is 27.6 Å². The summed E-state index contributed by atoms with van der Waals surface area (Å²) in [6.45, 7) is 0.922. The minimum Gasteiger partial charge on any atom is -0.385 e. The minimum atomic E-state index is 0.537. The SMILES string of the molecule is c1ccc(NCCCc2nc(C3CCCC3)no2)cc1. The van der Waals surface area contributed by atoms with Gasteiger partial charge in [0.1, 0.15) is 0 Å². The fraction of sp³-hybridized carbons (Fsp3) is 0.500. The van der Waals surface area contributed by atoms with Crippen LogP contribution in [0.15, 0.2) is 34.9 Å². The van der Waals surface area contributed by atoms with Gasteiger partial charge in [0, 0.05) is 24.6 Å². The Balaban J connectivity index is 1.42. The Morgan fingerprint density at radius 2 is 1.95 bits per heavy atom. The van der Waals surface area contributed by atoms with E-state index >= 15 is 0 Å². The number of rotatable bonds is 6. The monoisotopic (exact) mass is 271 g/mol. The molecule has 2 aromatic rings. The number of anilines is 1. The second kappa shape index (κ2) is 6.55. The first-order valence-corrected chi connectivity index (χ1v) is 7.53. The van der Waals surface area contributed by atoms with Crippen molar-refractivity contribution < 1.29 is 4.52 Å². The zero-order chi connectivity index (χ0) is 13.6.